The van der Waals surface area contributed by atoms with E-state index in [1.807, 2.05) is 47.1 Å². The van der Waals surface area contributed by atoms with Gasteiger partial charge < -0.3 is 9.80 Å². The number of aryl methyl sites for hydroxylation is 1. The highest BCUT2D eigenvalue weighted by atomic mass is 16.2. The van der Waals surface area contributed by atoms with Crippen molar-refractivity contribution in [3.63, 3.8) is 0 Å². The van der Waals surface area contributed by atoms with E-state index in [-0.39, 0.29) is 11.8 Å². The molecule has 0 radical (unpaired) electrons. The van der Waals surface area contributed by atoms with Crippen LogP contribution in [0, 0.1) is 6.92 Å². The summed E-state index contributed by atoms with van der Waals surface area (Å²) in [6, 6.07) is 8.11. The molecule has 2 fully saturated rings. The molecule has 2 saturated heterocycles. The van der Waals surface area contributed by atoms with Gasteiger partial charge in [-0.3, -0.25) is 14.5 Å². The van der Waals surface area contributed by atoms with Crippen LogP contribution in [0.2, 0.25) is 0 Å². The van der Waals surface area contributed by atoms with Crippen molar-refractivity contribution in [2.24, 2.45) is 0 Å². The fraction of sp³-hybridized carbons (Fsp3) is 0.500. The van der Waals surface area contributed by atoms with Crippen LogP contribution in [0.3, 0.4) is 0 Å². The van der Waals surface area contributed by atoms with Crippen molar-refractivity contribution in [2.75, 3.05) is 45.8 Å². The van der Waals surface area contributed by atoms with Gasteiger partial charge in [0.1, 0.15) is 0 Å². The topological polar surface area (TPSA) is 43.9 Å². The maximum atomic E-state index is 12.3. The van der Waals surface area contributed by atoms with E-state index in [2.05, 4.69) is 4.90 Å². The molecule has 2 aliphatic heterocycles. The predicted molar refractivity (Wildman–Crippen MR) is 99.0 cm³/mol. The van der Waals surface area contributed by atoms with E-state index in [1.165, 1.54) is 5.56 Å². The second-order valence-electron chi connectivity index (χ2n) is 6.93. The van der Waals surface area contributed by atoms with Crippen LogP contribution in [0.1, 0.15) is 24.0 Å². The van der Waals surface area contributed by atoms with Gasteiger partial charge in [0.2, 0.25) is 11.8 Å². The molecule has 2 aliphatic rings. The number of likely N-dealkylation sites (tertiary alicyclic amines) is 1. The Morgan fingerprint density at radius 2 is 1.56 bits per heavy atom. The first-order valence-electron chi connectivity index (χ1n) is 9.15. The van der Waals surface area contributed by atoms with Crippen LogP contribution in [0.15, 0.2) is 30.3 Å². The Morgan fingerprint density at radius 3 is 2.20 bits per heavy atom. The van der Waals surface area contributed by atoms with Gasteiger partial charge in [0.15, 0.2) is 0 Å². The molecule has 25 heavy (non-hydrogen) atoms. The summed E-state index contributed by atoms with van der Waals surface area (Å²) >= 11 is 0. The van der Waals surface area contributed by atoms with Crippen molar-refractivity contribution in [3.05, 3.63) is 41.5 Å². The molecule has 0 atom stereocenters. The summed E-state index contributed by atoms with van der Waals surface area (Å²) < 4.78 is 0. The minimum atomic E-state index is 0.0473. The van der Waals surface area contributed by atoms with Gasteiger partial charge in [-0.25, -0.2) is 0 Å². The maximum absolute atomic E-state index is 12.3. The van der Waals surface area contributed by atoms with Crippen LogP contribution in [-0.2, 0) is 9.59 Å². The molecule has 1 aromatic carbocycles. The van der Waals surface area contributed by atoms with Gasteiger partial charge in [-0.2, -0.15) is 0 Å². The number of carbonyl (C=O) groups is 2. The zero-order valence-corrected chi connectivity index (χ0v) is 15.0. The molecular formula is C20H27N3O2. The number of rotatable bonds is 4. The van der Waals surface area contributed by atoms with Gasteiger partial charge in [-0.15, -0.1) is 0 Å². The Balaban J connectivity index is 1.44. The average molecular weight is 341 g/mol. The summed E-state index contributed by atoms with van der Waals surface area (Å²) in [5.41, 5.74) is 2.25. The molecule has 2 amide bonds. The molecule has 0 N–H and O–H groups in total. The molecule has 5 nitrogen and oxygen atoms in total. The van der Waals surface area contributed by atoms with Gasteiger partial charge in [0.05, 0.1) is 6.54 Å². The van der Waals surface area contributed by atoms with E-state index in [4.69, 9.17) is 0 Å². The molecule has 5 heteroatoms. The highest BCUT2D eigenvalue weighted by molar-refractivity contribution is 5.91. The summed E-state index contributed by atoms with van der Waals surface area (Å²) in [5.74, 6) is 0.280. The van der Waals surface area contributed by atoms with Crippen molar-refractivity contribution in [2.45, 2.75) is 19.8 Å². The molecule has 1 aromatic rings. The first-order chi connectivity index (χ1) is 12.1. The Morgan fingerprint density at radius 1 is 0.920 bits per heavy atom. The van der Waals surface area contributed by atoms with E-state index in [1.54, 1.807) is 6.08 Å². The Bertz CT molecular complexity index is 625. The molecule has 134 valence electrons. The summed E-state index contributed by atoms with van der Waals surface area (Å²) in [6.07, 6.45) is 5.77. The highest BCUT2D eigenvalue weighted by Gasteiger charge is 2.24. The standard InChI is InChI=1S/C20H27N3O2/c1-17-4-6-18(7-5-17)8-9-19(24)23-14-12-21(13-15-23)16-20(25)22-10-2-3-11-22/h4-9H,2-3,10-16H2,1H3/b9-8+. The zero-order valence-electron chi connectivity index (χ0n) is 15.0. The number of hydrogen-bond acceptors (Lipinski definition) is 3. The molecule has 0 unspecified atom stereocenters. The summed E-state index contributed by atoms with van der Waals surface area (Å²) in [4.78, 5) is 30.5. The van der Waals surface area contributed by atoms with Crippen LogP contribution in [0.4, 0.5) is 0 Å². The van der Waals surface area contributed by atoms with Gasteiger partial charge in [0.25, 0.3) is 0 Å². The first kappa shape index (κ1) is 17.7. The van der Waals surface area contributed by atoms with E-state index in [9.17, 15) is 9.59 Å². The molecule has 0 aliphatic carbocycles. The molecule has 2 heterocycles. The molecular weight excluding hydrogens is 314 g/mol. The van der Waals surface area contributed by atoms with Crippen molar-refractivity contribution >= 4 is 17.9 Å². The number of hydrogen-bond donors (Lipinski definition) is 0. The quantitative estimate of drug-likeness (QED) is 0.784. The van der Waals surface area contributed by atoms with Gasteiger partial charge >= 0.3 is 0 Å². The Kier molecular flexibility index (Phi) is 5.87. The second kappa shape index (κ2) is 8.30. The Hall–Kier alpha value is -2.14. The molecule has 0 saturated carbocycles. The lowest BCUT2D eigenvalue weighted by Crippen LogP contribution is -2.51. The Labute approximate surface area is 149 Å². The largest absolute Gasteiger partial charge is 0.342 e. The number of piperazine rings is 1. The number of benzene rings is 1. The summed E-state index contributed by atoms with van der Waals surface area (Å²) in [5, 5.41) is 0. The lowest BCUT2D eigenvalue weighted by Gasteiger charge is -2.34. The van der Waals surface area contributed by atoms with Gasteiger partial charge in [0, 0.05) is 45.3 Å². The maximum Gasteiger partial charge on any atom is 0.246 e. The first-order valence-corrected chi connectivity index (χ1v) is 9.15. The van der Waals surface area contributed by atoms with Crippen LogP contribution in [-0.4, -0.2) is 72.3 Å². The van der Waals surface area contributed by atoms with Crippen molar-refractivity contribution < 1.29 is 9.59 Å². The summed E-state index contributed by atoms with van der Waals surface area (Å²) in [7, 11) is 0. The van der Waals surface area contributed by atoms with E-state index >= 15 is 0 Å². The normalized spacial score (nSPS) is 18.9. The van der Waals surface area contributed by atoms with Crippen molar-refractivity contribution in [3.8, 4) is 0 Å². The third-order valence-electron chi connectivity index (χ3n) is 5.00. The number of amides is 2. The van der Waals surface area contributed by atoms with E-state index in [0.717, 1.165) is 44.6 Å². The molecule has 0 spiro atoms. The minimum absolute atomic E-state index is 0.0473. The van der Waals surface area contributed by atoms with Gasteiger partial charge in [-0.05, 0) is 31.4 Å². The third-order valence-corrected chi connectivity index (χ3v) is 5.00. The molecule has 3 rings (SSSR count). The van der Waals surface area contributed by atoms with Crippen LogP contribution >= 0.6 is 0 Å². The van der Waals surface area contributed by atoms with E-state index in [0.29, 0.717) is 19.6 Å². The van der Waals surface area contributed by atoms with E-state index < -0.39 is 0 Å². The van der Waals surface area contributed by atoms with Crippen LogP contribution in [0.5, 0.6) is 0 Å². The van der Waals surface area contributed by atoms with Crippen molar-refractivity contribution in [1.29, 1.82) is 0 Å². The smallest absolute Gasteiger partial charge is 0.246 e. The number of carbonyl (C=O) groups excluding carboxylic acids is 2. The summed E-state index contributed by atoms with van der Waals surface area (Å²) in [6.45, 7) is 7.25. The zero-order chi connectivity index (χ0) is 17.6. The lowest BCUT2D eigenvalue weighted by atomic mass is 10.1. The number of nitrogens with zero attached hydrogens (tertiary/aromatic N) is 3. The van der Waals surface area contributed by atoms with Crippen LogP contribution in [0.25, 0.3) is 6.08 Å². The molecule has 0 aromatic heterocycles. The average Bonchev–Trinajstić information content (AvgIpc) is 3.16. The highest BCUT2D eigenvalue weighted by Crippen LogP contribution is 2.10. The van der Waals surface area contributed by atoms with Gasteiger partial charge in [-0.1, -0.05) is 29.8 Å². The van der Waals surface area contributed by atoms with Crippen molar-refractivity contribution in [1.82, 2.24) is 14.7 Å². The predicted octanol–water partition coefficient (Wildman–Crippen LogP) is 1.77. The molecule has 0 bridgehead atoms. The fourth-order valence-corrected chi connectivity index (χ4v) is 3.33. The van der Waals surface area contributed by atoms with Crippen LogP contribution < -0.4 is 0 Å². The second-order valence-corrected chi connectivity index (χ2v) is 6.93. The minimum Gasteiger partial charge on any atom is -0.342 e. The fourth-order valence-electron chi connectivity index (χ4n) is 3.33. The third kappa shape index (κ3) is 4.92. The SMILES string of the molecule is Cc1ccc(/C=C/C(=O)N2CCN(CC(=O)N3CCCC3)CC2)cc1. The lowest BCUT2D eigenvalue weighted by molar-refractivity contribution is -0.132. The monoisotopic (exact) mass is 341 g/mol.